The minimum absolute atomic E-state index is 0.104. The van der Waals surface area contributed by atoms with Gasteiger partial charge in [0.15, 0.2) is 11.5 Å². The van der Waals surface area contributed by atoms with Crippen LogP contribution in [0.3, 0.4) is 0 Å². The molecule has 1 heterocycles. The zero-order valence-corrected chi connectivity index (χ0v) is 13.4. The van der Waals surface area contributed by atoms with Gasteiger partial charge in [-0.3, -0.25) is 5.32 Å². The molecule has 25 heavy (non-hydrogen) atoms. The third-order valence-electron chi connectivity index (χ3n) is 3.73. The van der Waals surface area contributed by atoms with E-state index in [4.69, 9.17) is 9.47 Å². The molecular formula is C17H15F3N2O3. The Balaban J connectivity index is 1.85. The quantitative estimate of drug-likeness (QED) is 0.855. The highest BCUT2D eigenvalue weighted by Crippen LogP contribution is 2.44. The summed E-state index contributed by atoms with van der Waals surface area (Å²) < 4.78 is 50.5. The zero-order chi connectivity index (χ0) is 18.2. The number of anilines is 1. The fourth-order valence-electron chi connectivity index (χ4n) is 2.49. The van der Waals surface area contributed by atoms with Crippen molar-refractivity contribution < 1.29 is 27.4 Å². The lowest BCUT2D eigenvalue weighted by Crippen LogP contribution is -2.65. The third kappa shape index (κ3) is 3.07. The van der Waals surface area contributed by atoms with Gasteiger partial charge >= 0.3 is 18.1 Å². The number of halogens is 3. The number of aryl methyl sites for hydroxylation is 2. The topological polar surface area (TPSA) is 59.6 Å². The molecule has 0 saturated heterocycles. The summed E-state index contributed by atoms with van der Waals surface area (Å²) in [5.41, 5.74) is 1.85. The predicted molar refractivity (Wildman–Crippen MR) is 84.6 cm³/mol. The SMILES string of the molecule is Cc1cccc(C)c1NC(=O)NC1(C(F)(F)F)Oc2ccccc2O1. The summed E-state index contributed by atoms with van der Waals surface area (Å²) in [5.74, 6) is -3.49. The van der Waals surface area contributed by atoms with Crippen LogP contribution in [-0.2, 0) is 0 Å². The number of amides is 2. The number of fused-ring (bicyclic) bond motifs is 1. The van der Waals surface area contributed by atoms with Gasteiger partial charge in [0.05, 0.1) is 0 Å². The van der Waals surface area contributed by atoms with Crippen molar-refractivity contribution in [3.63, 3.8) is 0 Å². The van der Waals surface area contributed by atoms with Crippen molar-refractivity contribution >= 4 is 11.7 Å². The number of alkyl halides is 3. The fourth-order valence-corrected chi connectivity index (χ4v) is 2.49. The Kier molecular flexibility index (Phi) is 3.98. The van der Waals surface area contributed by atoms with Crippen molar-refractivity contribution in [2.24, 2.45) is 0 Å². The molecule has 0 unspecified atom stereocenters. The second-order valence-electron chi connectivity index (χ2n) is 5.61. The van der Waals surface area contributed by atoms with E-state index in [9.17, 15) is 18.0 Å². The summed E-state index contributed by atoms with van der Waals surface area (Å²) in [6, 6.07) is 9.83. The first kappa shape index (κ1) is 16.9. The number of carbonyl (C=O) groups excluding carboxylic acids is 1. The van der Waals surface area contributed by atoms with Gasteiger partial charge in [0, 0.05) is 5.69 Å². The molecule has 0 aliphatic carbocycles. The molecule has 2 amide bonds. The minimum Gasteiger partial charge on any atom is -0.424 e. The van der Waals surface area contributed by atoms with Crippen molar-refractivity contribution in [2.45, 2.75) is 25.9 Å². The van der Waals surface area contributed by atoms with Gasteiger partial charge in [0.25, 0.3) is 0 Å². The molecule has 0 aromatic heterocycles. The van der Waals surface area contributed by atoms with Crippen LogP contribution >= 0.6 is 0 Å². The van der Waals surface area contributed by atoms with Crippen LogP contribution in [0.1, 0.15) is 11.1 Å². The number of urea groups is 1. The Morgan fingerprint density at radius 1 is 0.960 bits per heavy atom. The van der Waals surface area contributed by atoms with Gasteiger partial charge in [-0.15, -0.1) is 0 Å². The second-order valence-corrected chi connectivity index (χ2v) is 5.61. The summed E-state index contributed by atoms with van der Waals surface area (Å²) in [5, 5.41) is 4.18. The van der Waals surface area contributed by atoms with Crippen molar-refractivity contribution in [2.75, 3.05) is 5.32 Å². The minimum atomic E-state index is -5.00. The molecule has 0 saturated carbocycles. The zero-order valence-electron chi connectivity index (χ0n) is 13.4. The number of hydrogen-bond acceptors (Lipinski definition) is 3. The van der Waals surface area contributed by atoms with E-state index in [0.717, 1.165) is 0 Å². The Morgan fingerprint density at radius 3 is 1.96 bits per heavy atom. The van der Waals surface area contributed by atoms with E-state index in [0.29, 0.717) is 16.8 Å². The number of benzene rings is 2. The van der Waals surface area contributed by atoms with Crippen molar-refractivity contribution in [3.05, 3.63) is 53.6 Å². The monoisotopic (exact) mass is 352 g/mol. The van der Waals surface area contributed by atoms with Gasteiger partial charge in [-0.1, -0.05) is 30.3 Å². The number of hydrogen-bond donors (Lipinski definition) is 2. The molecule has 0 atom stereocenters. The number of ether oxygens (including phenoxy) is 2. The standard InChI is InChI=1S/C17H15F3N2O3/c1-10-6-5-7-11(2)14(10)21-15(23)22-17(16(18,19)20)24-12-8-3-4-9-13(12)25-17/h3-9H,1-2H3,(H2,21,22,23). The first-order valence-electron chi connectivity index (χ1n) is 7.41. The van der Waals surface area contributed by atoms with E-state index in [-0.39, 0.29) is 11.5 Å². The average molecular weight is 352 g/mol. The van der Waals surface area contributed by atoms with Crippen LogP contribution in [-0.4, -0.2) is 18.1 Å². The molecule has 5 nitrogen and oxygen atoms in total. The highest BCUT2D eigenvalue weighted by Gasteiger charge is 2.65. The maximum Gasteiger partial charge on any atom is 0.492 e. The molecule has 0 bridgehead atoms. The fraction of sp³-hybridized carbons (Fsp3) is 0.235. The van der Waals surface area contributed by atoms with Gasteiger partial charge in [-0.2, -0.15) is 13.2 Å². The molecule has 132 valence electrons. The van der Waals surface area contributed by atoms with Crippen LogP contribution in [0.2, 0.25) is 0 Å². The number of carbonyl (C=O) groups is 1. The van der Waals surface area contributed by atoms with E-state index in [1.54, 1.807) is 37.4 Å². The lowest BCUT2D eigenvalue weighted by atomic mass is 10.1. The first-order valence-corrected chi connectivity index (χ1v) is 7.41. The molecule has 3 rings (SSSR count). The smallest absolute Gasteiger partial charge is 0.424 e. The lowest BCUT2D eigenvalue weighted by Gasteiger charge is -2.29. The van der Waals surface area contributed by atoms with Crippen LogP contribution in [0, 0.1) is 13.8 Å². The maximum absolute atomic E-state index is 13.5. The predicted octanol–water partition coefficient (Wildman–Crippen LogP) is 4.11. The number of rotatable bonds is 2. The number of para-hydroxylation sites is 3. The molecule has 0 spiro atoms. The van der Waals surface area contributed by atoms with Crippen LogP contribution in [0.4, 0.5) is 23.7 Å². The van der Waals surface area contributed by atoms with Gasteiger partial charge in [0.2, 0.25) is 0 Å². The van der Waals surface area contributed by atoms with Crippen LogP contribution < -0.4 is 20.1 Å². The van der Waals surface area contributed by atoms with E-state index >= 15 is 0 Å². The molecule has 2 N–H and O–H groups in total. The third-order valence-corrected chi connectivity index (χ3v) is 3.73. The van der Waals surface area contributed by atoms with Crippen LogP contribution in [0.15, 0.2) is 42.5 Å². The molecule has 1 aliphatic heterocycles. The summed E-state index contributed by atoms with van der Waals surface area (Å²) in [7, 11) is 0. The second kappa shape index (κ2) is 5.87. The Morgan fingerprint density at radius 2 is 1.48 bits per heavy atom. The Hall–Kier alpha value is -2.90. The molecule has 0 fully saturated rings. The Bertz CT molecular complexity index is 776. The van der Waals surface area contributed by atoms with Crippen molar-refractivity contribution in [3.8, 4) is 11.5 Å². The van der Waals surface area contributed by atoms with Gasteiger partial charge in [-0.05, 0) is 37.1 Å². The molecular weight excluding hydrogens is 337 g/mol. The average Bonchev–Trinajstić information content (AvgIpc) is 2.90. The van der Waals surface area contributed by atoms with E-state index < -0.39 is 18.1 Å². The molecule has 2 aromatic rings. The summed E-state index contributed by atoms with van der Waals surface area (Å²) in [6.45, 7) is 3.47. The van der Waals surface area contributed by atoms with Crippen LogP contribution in [0.5, 0.6) is 11.5 Å². The highest BCUT2D eigenvalue weighted by molar-refractivity contribution is 5.91. The normalized spacial score (nSPS) is 14.9. The maximum atomic E-state index is 13.5. The van der Waals surface area contributed by atoms with Crippen molar-refractivity contribution in [1.29, 1.82) is 0 Å². The molecule has 8 heteroatoms. The first-order chi connectivity index (χ1) is 11.7. The Labute approximate surface area is 141 Å². The van der Waals surface area contributed by atoms with E-state index in [2.05, 4.69) is 5.32 Å². The van der Waals surface area contributed by atoms with Gasteiger partial charge in [-0.25, -0.2) is 4.79 Å². The molecule has 0 radical (unpaired) electrons. The summed E-state index contributed by atoms with van der Waals surface area (Å²) >= 11 is 0. The van der Waals surface area contributed by atoms with E-state index in [1.807, 2.05) is 0 Å². The molecule has 2 aromatic carbocycles. The van der Waals surface area contributed by atoms with Crippen LogP contribution in [0.25, 0.3) is 0 Å². The van der Waals surface area contributed by atoms with Crippen molar-refractivity contribution in [1.82, 2.24) is 5.32 Å². The number of nitrogens with one attached hydrogen (secondary N) is 2. The highest BCUT2D eigenvalue weighted by atomic mass is 19.4. The largest absolute Gasteiger partial charge is 0.492 e. The van der Waals surface area contributed by atoms with E-state index in [1.165, 1.54) is 24.3 Å². The van der Waals surface area contributed by atoms with Gasteiger partial charge < -0.3 is 14.8 Å². The lowest BCUT2D eigenvalue weighted by molar-refractivity contribution is -0.317. The summed E-state index contributed by atoms with van der Waals surface area (Å²) in [4.78, 5) is 12.2. The molecule has 1 aliphatic rings. The summed E-state index contributed by atoms with van der Waals surface area (Å²) in [6.07, 6.45) is -5.00. The van der Waals surface area contributed by atoms with Gasteiger partial charge in [0.1, 0.15) is 0 Å².